The molecular formula is C16H14N2O2. The number of imidazole rings is 1. The Labute approximate surface area is 116 Å². The van der Waals surface area contributed by atoms with Crippen molar-refractivity contribution in [1.29, 1.82) is 0 Å². The highest BCUT2D eigenvalue weighted by molar-refractivity contribution is 5.89. The third-order valence-corrected chi connectivity index (χ3v) is 3.35. The van der Waals surface area contributed by atoms with Crippen LogP contribution in [0, 0.1) is 13.8 Å². The van der Waals surface area contributed by atoms with E-state index in [2.05, 4.69) is 11.1 Å². The van der Waals surface area contributed by atoms with Crippen LogP contribution in [0.4, 0.5) is 0 Å². The van der Waals surface area contributed by atoms with Gasteiger partial charge in [-0.2, -0.15) is 0 Å². The number of fused-ring (bicyclic) bond motifs is 1. The van der Waals surface area contributed by atoms with Gasteiger partial charge in [-0.15, -0.1) is 0 Å². The lowest BCUT2D eigenvalue weighted by Gasteiger charge is -2.02. The summed E-state index contributed by atoms with van der Waals surface area (Å²) in [5.74, 6) is -0.156. The number of aryl methyl sites for hydroxylation is 2. The van der Waals surface area contributed by atoms with Crippen molar-refractivity contribution in [3.8, 4) is 11.3 Å². The summed E-state index contributed by atoms with van der Waals surface area (Å²) >= 11 is 0. The van der Waals surface area contributed by atoms with Crippen LogP contribution < -0.4 is 0 Å². The number of rotatable bonds is 2. The molecule has 0 radical (unpaired) electrons. The first-order valence-corrected chi connectivity index (χ1v) is 6.35. The van der Waals surface area contributed by atoms with Gasteiger partial charge in [-0.1, -0.05) is 23.8 Å². The predicted octanol–water partition coefficient (Wildman–Crippen LogP) is 3.32. The number of hydrogen-bond donors (Lipinski definition) is 1. The molecule has 4 nitrogen and oxygen atoms in total. The summed E-state index contributed by atoms with van der Waals surface area (Å²) in [5.41, 5.74) is 4.26. The van der Waals surface area contributed by atoms with E-state index in [9.17, 15) is 4.79 Å². The summed E-state index contributed by atoms with van der Waals surface area (Å²) in [6, 6.07) is 11.5. The monoisotopic (exact) mass is 266 g/mol. The quantitative estimate of drug-likeness (QED) is 0.774. The van der Waals surface area contributed by atoms with Gasteiger partial charge in [0.15, 0.2) is 0 Å². The van der Waals surface area contributed by atoms with Crippen LogP contribution in [0.5, 0.6) is 0 Å². The van der Waals surface area contributed by atoms with Gasteiger partial charge in [0.05, 0.1) is 16.8 Å². The molecule has 100 valence electrons. The van der Waals surface area contributed by atoms with Crippen LogP contribution in [0.15, 0.2) is 42.6 Å². The lowest BCUT2D eigenvalue weighted by molar-refractivity contribution is 0.0696. The van der Waals surface area contributed by atoms with Crippen molar-refractivity contribution >= 4 is 11.5 Å². The first kappa shape index (κ1) is 12.4. The Morgan fingerprint density at radius 3 is 2.70 bits per heavy atom. The van der Waals surface area contributed by atoms with Crippen LogP contribution in [0.2, 0.25) is 0 Å². The van der Waals surface area contributed by atoms with E-state index in [0.717, 1.165) is 22.6 Å². The van der Waals surface area contributed by atoms with E-state index < -0.39 is 5.97 Å². The maximum atomic E-state index is 11.0. The Morgan fingerprint density at radius 2 is 2.00 bits per heavy atom. The van der Waals surface area contributed by atoms with E-state index in [-0.39, 0.29) is 5.56 Å². The fourth-order valence-corrected chi connectivity index (χ4v) is 2.37. The smallest absolute Gasteiger partial charge is 0.337 e. The zero-order chi connectivity index (χ0) is 14.3. The third kappa shape index (κ3) is 1.95. The summed E-state index contributed by atoms with van der Waals surface area (Å²) in [7, 11) is 0. The van der Waals surface area contributed by atoms with Gasteiger partial charge in [-0.3, -0.25) is 0 Å². The lowest BCUT2D eigenvalue weighted by Crippen LogP contribution is -1.99. The Morgan fingerprint density at radius 1 is 1.20 bits per heavy atom. The summed E-state index contributed by atoms with van der Waals surface area (Å²) in [6.07, 6.45) is 1.61. The van der Waals surface area contributed by atoms with Gasteiger partial charge in [-0.25, -0.2) is 9.78 Å². The minimum atomic E-state index is -0.933. The maximum absolute atomic E-state index is 11.0. The molecule has 0 fully saturated rings. The first-order chi connectivity index (χ1) is 9.56. The first-order valence-electron chi connectivity index (χ1n) is 6.35. The predicted molar refractivity (Wildman–Crippen MR) is 77.1 cm³/mol. The molecule has 3 aromatic rings. The number of carboxylic acid groups (broad SMARTS) is 1. The number of benzene rings is 1. The van der Waals surface area contributed by atoms with Crippen LogP contribution in [-0.2, 0) is 0 Å². The van der Waals surface area contributed by atoms with Crippen LogP contribution in [0.25, 0.3) is 16.8 Å². The topological polar surface area (TPSA) is 54.6 Å². The highest BCUT2D eigenvalue weighted by Crippen LogP contribution is 2.25. The minimum absolute atomic E-state index is 0.258. The molecule has 0 saturated carbocycles. The molecule has 1 N–H and O–H groups in total. The molecule has 0 spiro atoms. The van der Waals surface area contributed by atoms with Gasteiger partial charge >= 0.3 is 5.97 Å². The lowest BCUT2D eigenvalue weighted by atomic mass is 10.1. The van der Waals surface area contributed by atoms with Crippen molar-refractivity contribution in [3.05, 3.63) is 59.5 Å². The highest BCUT2D eigenvalue weighted by Gasteiger charge is 2.12. The van der Waals surface area contributed by atoms with Gasteiger partial charge in [-0.05, 0) is 32.0 Å². The van der Waals surface area contributed by atoms with E-state index in [0.29, 0.717) is 0 Å². The zero-order valence-electron chi connectivity index (χ0n) is 11.3. The largest absolute Gasteiger partial charge is 0.478 e. The van der Waals surface area contributed by atoms with Crippen LogP contribution in [0.1, 0.15) is 21.7 Å². The Bertz CT molecular complexity index is 818. The molecule has 0 aliphatic heterocycles. The molecule has 2 aromatic heterocycles. The van der Waals surface area contributed by atoms with Gasteiger partial charge in [0.1, 0.15) is 5.82 Å². The summed E-state index contributed by atoms with van der Waals surface area (Å²) in [5, 5.41) is 9.06. The molecule has 0 aliphatic carbocycles. The molecule has 0 bridgehead atoms. The van der Waals surface area contributed by atoms with E-state index in [4.69, 9.17) is 5.11 Å². The maximum Gasteiger partial charge on any atom is 0.337 e. The number of carboxylic acids is 1. The summed E-state index contributed by atoms with van der Waals surface area (Å²) in [4.78, 5) is 15.6. The molecule has 0 aliphatic rings. The Hall–Kier alpha value is -2.62. The van der Waals surface area contributed by atoms with E-state index >= 15 is 0 Å². The molecule has 20 heavy (non-hydrogen) atoms. The number of pyridine rings is 1. The molecule has 0 amide bonds. The second-order valence-electron chi connectivity index (χ2n) is 4.86. The Kier molecular flexibility index (Phi) is 2.79. The summed E-state index contributed by atoms with van der Waals surface area (Å²) < 4.78 is 1.82. The van der Waals surface area contributed by atoms with Crippen molar-refractivity contribution in [1.82, 2.24) is 9.38 Å². The van der Waals surface area contributed by atoms with Crippen molar-refractivity contribution < 1.29 is 9.90 Å². The van der Waals surface area contributed by atoms with Crippen LogP contribution >= 0.6 is 0 Å². The van der Waals surface area contributed by atoms with Crippen molar-refractivity contribution in [3.63, 3.8) is 0 Å². The number of aromatic carboxylic acids is 1. The number of nitrogens with zero attached hydrogens (tertiary/aromatic N) is 2. The molecule has 1 aromatic carbocycles. The third-order valence-electron chi connectivity index (χ3n) is 3.35. The van der Waals surface area contributed by atoms with Gasteiger partial charge in [0.25, 0.3) is 0 Å². The highest BCUT2D eigenvalue weighted by atomic mass is 16.4. The van der Waals surface area contributed by atoms with Crippen molar-refractivity contribution in [2.75, 3.05) is 0 Å². The fraction of sp³-hybridized carbons (Fsp3) is 0.125. The average molecular weight is 266 g/mol. The summed E-state index contributed by atoms with van der Waals surface area (Å²) in [6.45, 7) is 3.91. The average Bonchev–Trinajstić information content (AvgIpc) is 2.76. The van der Waals surface area contributed by atoms with E-state index in [1.807, 2.05) is 36.4 Å². The molecule has 0 unspecified atom stereocenters. The van der Waals surface area contributed by atoms with Gasteiger partial charge in [0, 0.05) is 11.8 Å². The molecule has 2 heterocycles. The van der Waals surface area contributed by atoms with Gasteiger partial charge in [0.2, 0.25) is 0 Å². The standard InChI is InChI=1S/C16H14N2O2/c1-10-4-3-5-12(8-10)15-14-7-6-13(16(19)20)9-18(14)11(2)17-15/h3-9H,1-2H3,(H,19,20). The van der Waals surface area contributed by atoms with E-state index in [1.54, 1.807) is 18.3 Å². The normalized spacial score (nSPS) is 10.9. The number of aromatic nitrogens is 2. The van der Waals surface area contributed by atoms with Crippen molar-refractivity contribution in [2.45, 2.75) is 13.8 Å². The number of carbonyl (C=O) groups is 1. The SMILES string of the molecule is Cc1cccc(-c2nc(C)n3cc(C(=O)O)ccc23)c1. The van der Waals surface area contributed by atoms with Gasteiger partial charge < -0.3 is 9.51 Å². The molecule has 0 atom stereocenters. The molecular weight excluding hydrogens is 252 g/mol. The minimum Gasteiger partial charge on any atom is -0.478 e. The van der Waals surface area contributed by atoms with Crippen LogP contribution in [-0.4, -0.2) is 20.5 Å². The van der Waals surface area contributed by atoms with Crippen molar-refractivity contribution in [2.24, 2.45) is 0 Å². The zero-order valence-corrected chi connectivity index (χ0v) is 11.3. The second kappa shape index (κ2) is 4.49. The Balaban J connectivity index is 2.25. The number of hydrogen-bond acceptors (Lipinski definition) is 2. The molecule has 0 saturated heterocycles. The molecule has 3 rings (SSSR count). The molecule has 4 heteroatoms. The van der Waals surface area contributed by atoms with Crippen LogP contribution in [0.3, 0.4) is 0 Å². The second-order valence-corrected chi connectivity index (χ2v) is 4.86. The van der Waals surface area contributed by atoms with E-state index in [1.165, 1.54) is 5.56 Å². The fourth-order valence-electron chi connectivity index (χ4n) is 2.37.